The molecule has 2 aromatic rings. The number of rotatable bonds is 7. The molecule has 2 fully saturated rings. The average Bonchev–Trinajstić information content (AvgIpc) is 3.25. The number of hydrogen-bond acceptors (Lipinski definition) is 5. The summed E-state index contributed by atoms with van der Waals surface area (Å²) in [6.45, 7) is 1.78. The predicted molar refractivity (Wildman–Crippen MR) is 130 cm³/mol. The zero-order chi connectivity index (χ0) is 23.6. The molecule has 33 heavy (non-hydrogen) atoms. The standard InChI is InChI=1S/C24H30N2O5S2/c1-2-13-33(30,31)25-15-20(17-9-5-3-6-10-17)26(22(27)16-25)19-14-21(32-23(19)24(28)29)18-11-7-4-8-12-18/h4,7-8,11-12,14,17,20H,2-3,5-6,9-10,13,15-16H2,1H3,(H,28,29). The number of thiophene rings is 1. The van der Waals surface area contributed by atoms with E-state index in [0.717, 1.165) is 53.9 Å². The molecule has 1 N–H and O–H groups in total. The number of sulfonamides is 1. The molecular formula is C24H30N2O5S2. The summed E-state index contributed by atoms with van der Waals surface area (Å²) < 4.78 is 27.0. The zero-order valence-electron chi connectivity index (χ0n) is 18.8. The molecule has 2 aliphatic rings. The highest BCUT2D eigenvalue weighted by molar-refractivity contribution is 7.89. The molecule has 7 nitrogen and oxygen atoms in total. The van der Waals surface area contributed by atoms with Gasteiger partial charge in [-0.25, -0.2) is 13.2 Å². The largest absolute Gasteiger partial charge is 0.477 e. The number of piperazine rings is 1. The number of carboxylic acid groups (broad SMARTS) is 1. The maximum atomic E-state index is 13.5. The Kier molecular flexibility index (Phi) is 7.21. The van der Waals surface area contributed by atoms with Gasteiger partial charge < -0.3 is 10.0 Å². The first-order chi connectivity index (χ1) is 15.8. The van der Waals surface area contributed by atoms with E-state index < -0.39 is 16.0 Å². The number of amides is 1. The molecular weight excluding hydrogens is 460 g/mol. The van der Waals surface area contributed by atoms with Crippen molar-refractivity contribution in [2.75, 3.05) is 23.7 Å². The summed E-state index contributed by atoms with van der Waals surface area (Å²) in [5.74, 6) is -1.27. The minimum Gasteiger partial charge on any atom is -0.477 e. The Bertz CT molecular complexity index is 1110. The molecule has 0 bridgehead atoms. The SMILES string of the molecule is CCCS(=O)(=O)N1CC(=O)N(c2cc(-c3ccccc3)sc2C(=O)O)C(C2CCCCC2)C1. The normalized spacial score (nSPS) is 20.8. The average molecular weight is 491 g/mol. The number of carbonyl (C=O) groups excluding carboxylic acids is 1. The third kappa shape index (κ3) is 5.00. The molecule has 1 aromatic heterocycles. The van der Waals surface area contributed by atoms with Gasteiger partial charge in [0.05, 0.1) is 24.0 Å². The second-order valence-corrected chi connectivity index (χ2v) is 12.0. The topological polar surface area (TPSA) is 95.0 Å². The van der Waals surface area contributed by atoms with Crippen molar-refractivity contribution in [1.82, 2.24) is 4.31 Å². The van der Waals surface area contributed by atoms with Gasteiger partial charge in [0.15, 0.2) is 0 Å². The van der Waals surface area contributed by atoms with E-state index in [1.165, 1.54) is 4.31 Å². The first kappa shape index (κ1) is 23.9. The molecule has 4 rings (SSSR count). The highest BCUT2D eigenvalue weighted by Gasteiger charge is 2.43. The molecule has 1 aromatic carbocycles. The predicted octanol–water partition coefficient (Wildman–Crippen LogP) is 4.45. The second-order valence-electron chi connectivity index (χ2n) is 8.83. The monoisotopic (exact) mass is 490 g/mol. The van der Waals surface area contributed by atoms with Crippen LogP contribution in [-0.4, -0.2) is 54.6 Å². The fourth-order valence-electron chi connectivity index (χ4n) is 5.02. The lowest BCUT2D eigenvalue weighted by Gasteiger charge is -2.45. The van der Waals surface area contributed by atoms with Crippen molar-refractivity contribution in [2.24, 2.45) is 5.92 Å². The molecule has 178 valence electrons. The lowest BCUT2D eigenvalue weighted by atomic mass is 9.82. The van der Waals surface area contributed by atoms with Crippen molar-refractivity contribution in [1.29, 1.82) is 0 Å². The molecule has 1 unspecified atom stereocenters. The van der Waals surface area contributed by atoms with Crippen LogP contribution in [0.25, 0.3) is 10.4 Å². The van der Waals surface area contributed by atoms with Crippen LogP contribution in [0, 0.1) is 5.92 Å². The van der Waals surface area contributed by atoms with Crippen molar-refractivity contribution in [3.8, 4) is 10.4 Å². The third-order valence-electron chi connectivity index (χ3n) is 6.58. The number of aromatic carboxylic acids is 1. The number of nitrogens with zero attached hydrogens (tertiary/aromatic N) is 2. The summed E-state index contributed by atoms with van der Waals surface area (Å²) in [7, 11) is -3.54. The van der Waals surface area contributed by atoms with Crippen molar-refractivity contribution < 1.29 is 23.1 Å². The van der Waals surface area contributed by atoms with E-state index in [-0.39, 0.29) is 41.6 Å². The Hall–Kier alpha value is -2.23. The summed E-state index contributed by atoms with van der Waals surface area (Å²) in [4.78, 5) is 28.1. The Morgan fingerprint density at radius 1 is 1.15 bits per heavy atom. The number of benzene rings is 1. The number of carbonyl (C=O) groups is 2. The summed E-state index contributed by atoms with van der Waals surface area (Å²) in [6.07, 6.45) is 5.51. The highest BCUT2D eigenvalue weighted by atomic mass is 32.2. The van der Waals surface area contributed by atoms with E-state index in [2.05, 4.69) is 0 Å². The number of carboxylic acids is 1. The minimum atomic E-state index is -3.54. The van der Waals surface area contributed by atoms with Crippen LogP contribution in [0.2, 0.25) is 0 Å². The Balaban J connectivity index is 1.77. The minimum absolute atomic E-state index is 0.00858. The lowest BCUT2D eigenvalue weighted by Crippen LogP contribution is -2.61. The summed E-state index contributed by atoms with van der Waals surface area (Å²) >= 11 is 1.15. The molecule has 1 saturated carbocycles. The summed E-state index contributed by atoms with van der Waals surface area (Å²) in [6, 6.07) is 10.9. The van der Waals surface area contributed by atoms with Gasteiger partial charge in [-0.1, -0.05) is 56.5 Å². The Morgan fingerprint density at radius 2 is 1.85 bits per heavy atom. The maximum absolute atomic E-state index is 13.5. The van der Waals surface area contributed by atoms with Crippen LogP contribution < -0.4 is 4.90 Å². The number of hydrogen-bond donors (Lipinski definition) is 1. The van der Waals surface area contributed by atoms with Crippen molar-refractivity contribution in [3.63, 3.8) is 0 Å². The molecule has 9 heteroatoms. The van der Waals surface area contributed by atoms with Crippen LogP contribution in [0.3, 0.4) is 0 Å². The van der Waals surface area contributed by atoms with Crippen LogP contribution in [0.5, 0.6) is 0 Å². The van der Waals surface area contributed by atoms with E-state index in [4.69, 9.17) is 0 Å². The smallest absolute Gasteiger partial charge is 0.348 e. The van der Waals surface area contributed by atoms with Crippen LogP contribution in [-0.2, 0) is 14.8 Å². The van der Waals surface area contributed by atoms with Gasteiger partial charge in [0.25, 0.3) is 0 Å². The molecule has 1 aliphatic carbocycles. The van der Waals surface area contributed by atoms with Crippen LogP contribution in [0.4, 0.5) is 5.69 Å². The molecule has 1 amide bonds. The first-order valence-electron chi connectivity index (χ1n) is 11.5. The Morgan fingerprint density at radius 3 is 2.48 bits per heavy atom. The lowest BCUT2D eigenvalue weighted by molar-refractivity contribution is -0.121. The van der Waals surface area contributed by atoms with Gasteiger partial charge in [0.1, 0.15) is 4.88 Å². The molecule has 1 atom stereocenters. The fourth-order valence-corrected chi connectivity index (χ4v) is 7.47. The summed E-state index contributed by atoms with van der Waals surface area (Å²) in [5, 5.41) is 9.96. The second kappa shape index (κ2) is 9.95. The van der Waals surface area contributed by atoms with Gasteiger partial charge in [0, 0.05) is 11.4 Å². The molecule has 2 heterocycles. The van der Waals surface area contributed by atoms with E-state index in [1.54, 1.807) is 11.0 Å². The molecule has 0 spiro atoms. The van der Waals surface area contributed by atoms with Crippen molar-refractivity contribution in [2.45, 2.75) is 51.5 Å². The van der Waals surface area contributed by atoms with E-state index in [0.29, 0.717) is 12.1 Å². The first-order valence-corrected chi connectivity index (χ1v) is 14.0. The van der Waals surface area contributed by atoms with Gasteiger partial charge in [-0.05, 0) is 36.8 Å². The third-order valence-corrected chi connectivity index (χ3v) is 9.73. The van der Waals surface area contributed by atoms with Gasteiger partial charge in [-0.2, -0.15) is 4.31 Å². The van der Waals surface area contributed by atoms with Gasteiger partial charge in [-0.15, -0.1) is 11.3 Å². The Labute approximate surface area is 199 Å². The number of anilines is 1. The van der Waals surface area contributed by atoms with Gasteiger partial charge in [0.2, 0.25) is 15.9 Å². The van der Waals surface area contributed by atoms with E-state index >= 15 is 0 Å². The quantitative estimate of drug-likeness (QED) is 0.619. The zero-order valence-corrected chi connectivity index (χ0v) is 20.4. The van der Waals surface area contributed by atoms with Gasteiger partial charge in [-0.3, -0.25) is 4.79 Å². The summed E-state index contributed by atoms with van der Waals surface area (Å²) in [5.41, 5.74) is 1.28. The molecule has 1 saturated heterocycles. The van der Waals surface area contributed by atoms with Gasteiger partial charge >= 0.3 is 5.97 Å². The highest BCUT2D eigenvalue weighted by Crippen LogP contribution is 2.41. The molecule has 1 aliphatic heterocycles. The van der Waals surface area contributed by atoms with E-state index in [1.807, 2.05) is 37.3 Å². The van der Waals surface area contributed by atoms with Crippen LogP contribution >= 0.6 is 11.3 Å². The molecule has 0 radical (unpaired) electrons. The van der Waals surface area contributed by atoms with Crippen LogP contribution in [0.1, 0.15) is 55.1 Å². The van der Waals surface area contributed by atoms with Crippen molar-refractivity contribution >= 4 is 38.9 Å². The van der Waals surface area contributed by atoms with Crippen LogP contribution in [0.15, 0.2) is 36.4 Å². The van der Waals surface area contributed by atoms with Crippen molar-refractivity contribution in [3.05, 3.63) is 41.3 Å². The van der Waals surface area contributed by atoms with E-state index in [9.17, 15) is 23.1 Å². The fraction of sp³-hybridized carbons (Fsp3) is 0.500. The maximum Gasteiger partial charge on any atom is 0.348 e.